The minimum Gasteiger partial charge on any atom is -0.383 e. The van der Waals surface area contributed by atoms with Crippen molar-refractivity contribution in [3.63, 3.8) is 0 Å². The van der Waals surface area contributed by atoms with Gasteiger partial charge in [0.05, 0.1) is 6.54 Å². The summed E-state index contributed by atoms with van der Waals surface area (Å²) in [5, 5.41) is 0. The van der Waals surface area contributed by atoms with E-state index in [1.165, 1.54) is 22.3 Å². The lowest BCUT2D eigenvalue weighted by molar-refractivity contribution is 1.04. The van der Waals surface area contributed by atoms with Gasteiger partial charge in [-0.15, -0.1) is 0 Å². The molecule has 0 aliphatic heterocycles. The van der Waals surface area contributed by atoms with E-state index in [0.29, 0.717) is 18.2 Å². The van der Waals surface area contributed by atoms with Gasteiger partial charge in [-0.05, 0) is 47.6 Å². The van der Waals surface area contributed by atoms with Crippen LogP contribution >= 0.6 is 0 Å². The average molecular weight is 482 g/mol. The molecule has 37 heavy (non-hydrogen) atoms. The van der Waals surface area contributed by atoms with Gasteiger partial charge in [-0.1, -0.05) is 127 Å². The van der Waals surface area contributed by atoms with Crippen LogP contribution in [0.4, 0.5) is 0 Å². The number of nitrogens with zero attached hydrogens (tertiary/aromatic N) is 2. The van der Waals surface area contributed by atoms with Crippen LogP contribution in [0.3, 0.4) is 0 Å². The quantitative estimate of drug-likeness (QED) is 0.222. The molecule has 0 aromatic heterocycles. The highest BCUT2D eigenvalue weighted by molar-refractivity contribution is 6.11. The van der Waals surface area contributed by atoms with Gasteiger partial charge in [0, 0.05) is 11.1 Å². The summed E-state index contributed by atoms with van der Waals surface area (Å²) < 4.78 is 0. The molecule has 1 aliphatic carbocycles. The summed E-state index contributed by atoms with van der Waals surface area (Å²) in [5.41, 5.74) is 15.5. The molecule has 182 valence electrons. The van der Waals surface area contributed by atoms with Crippen LogP contribution in [0, 0.1) is 6.92 Å². The Balaban J connectivity index is 1.39. The highest BCUT2D eigenvalue weighted by atomic mass is 15.0. The zero-order chi connectivity index (χ0) is 25.5. The molecule has 0 atom stereocenters. The molecule has 0 radical (unpaired) electrons. The molecule has 3 heteroatoms. The van der Waals surface area contributed by atoms with Crippen molar-refractivity contribution in [2.75, 3.05) is 0 Å². The summed E-state index contributed by atoms with van der Waals surface area (Å²) in [7, 11) is 0. The maximum atomic E-state index is 6.48. The first-order valence-electron chi connectivity index (χ1n) is 12.7. The first-order valence-corrected chi connectivity index (χ1v) is 12.7. The Morgan fingerprint density at radius 3 is 2.03 bits per heavy atom. The van der Waals surface area contributed by atoms with Gasteiger partial charge in [-0.3, -0.25) is 4.99 Å². The number of benzene rings is 4. The van der Waals surface area contributed by atoms with Crippen molar-refractivity contribution in [2.45, 2.75) is 26.3 Å². The predicted molar refractivity (Wildman–Crippen MR) is 157 cm³/mol. The van der Waals surface area contributed by atoms with Crippen LogP contribution in [0.1, 0.15) is 40.7 Å². The van der Waals surface area contributed by atoms with E-state index in [1.807, 2.05) is 30.3 Å². The van der Waals surface area contributed by atoms with Gasteiger partial charge in [0.1, 0.15) is 5.84 Å². The molecule has 0 unspecified atom stereocenters. The summed E-state index contributed by atoms with van der Waals surface area (Å²) in [5.74, 6) is 1.08. The molecular weight excluding hydrogens is 450 g/mol. The first-order chi connectivity index (χ1) is 18.2. The van der Waals surface area contributed by atoms with Crippen LogP contribution in [0.2, 0.25) is 0 Å². The molecule has 5 rings (SSSR count). The van der Waals surface area contributed by atoms with E-state index in [-0.39, 0.29) is 0 Å². The Morgan fingerprint density at radius 2 is 1.35 bits per heavy atom. The van der Waals surface area contributed by atoms with Crippen LogP contribution in [0.25, 0.3) is 16.7 Å². The number of hydrogen-bond donors (Lipinski definition) is 1. The predicted octanol–water partition coefficient (Wildman–Crippen LogP) is 7.75. The van der Waals surface area contributed by atoms with E-state index in [2.05, 4.69) is 97.9 Å². The lowest BCUT2D eigenvalue weighted by atomic mass is 9.99. The third kappa shape index (κ3) is 6.20. The van der Waals surface area contributed by atoms with E-state index in [9.17, 15) is 0 Å². The Kier molecular flexibility index (Phi) is 7.52. The van der Waals surface area contributed by atoms with Crippen molar-refractivity contribution < 1.29 is 0 Å². The molecule has 0 bridgehead atoms. The van der Waals surface area contributed by atoms with Crippen molar-refractivity contribution in [1.29, 1.82) is 0 Å². The summed E-state index contributed by atoms with van der Waals surface area (Å²) in [4.78, 5) is 9.67. The van der Waals surface area contributed by atoms with E-state index in [0.717, 1.165) is 35.1 Å². The Morgan fingerprint density at radius 1 is 0.703 bits per heavy atom. The van der Waals surface area contributed by atoms with E-state index in [1.54, 1.807) is 0 Å². The summed E-state index contributed by atoms with van der Waals surface area (Å²) in [6.07, 6.45) is 8.96. The molecule has 0 spiro atoms. The average Bonchev–Trinajstić information content (AvgIpc) is 2.97. The molecule has 1 aliphatic rings. The summed E-state index contributed by atoms with van der Waals surface area (Å²) in [6, 6.07) is 35.4. The fraction of sp³-hybridized carbons (Fsp3) is 0.118. The minimum atomic E-state index is 0.449. The van der Waals surface area contributed by atoms with Crippen LogP contribution in [-0.4, -0.2) is 11.7 Å². The fourth-order valence-electron chi connectivity index (χ4n) is 4.33. The molecule has 0 fully saturated rings. The van der Waals surface area contributed by atoms with Gasteiger partial charge >= 0.3 is 0 Å². The maximum Gasteiger partial charge on any atom is 0.157 e. The van der Waals surface area contributed by atoms with E-state index < -0.39 is 0 Å². The lowest BCUT2D eigenvalue weighted by Gasteiger charge is -2.09. The van der Waals surface area contributed by atoms with Gasteiger partial charge in [0.15, 0.2) is 5.84 Å². The van der Waals surface area contributed by atoms with Crippen molar-refractivity contribution in [2.24, 2.45) is 15.7 Å². The number of allylic oxidation sites excluding steroid dienone is 4. The van der Waals surface area contributed by atoms with E-state index in [4.69, 9.17) is 15.7 Å². The number of aryl methyl sites for hydroxylation is 1. The highest BCUT2D eigenvalue weighted by Gasteiger charge is 2.07. The molecule has 2 N–H and O–H groups in total. The molecular formula is C34H31N3. The molecule has 0 amide bonds. The SMILES string of the molecule is Cc1ccc(C(N=C(N)c2ccc(-c3ccccc3)cc2)=NCc2ccc(C3=CCCC=C3)cc2)cc1. The Hall–Kier alpha value is -4.50. The normalized spacial score (nSPS) is 13.9. The molecule has 0 saturated carbocycles. The van der Waals surface area contributed by atoms with Crippen LogP contribution in [0.15, 0.2) is 131 Å². The zero-order valence-electron chi connectivity index (χ0n) is 21.1. The van der Waals surface area contributed by atoms with Crippen molar-refractivity contribution >= 4 is 17.2 Å². The second-order valence-corrected chi connectivity index (χ2v) is 9.28. The van der Waals surface area contributed by atoms with Gasteiger partial charge in [-0.2, -0.15) is 0 Å². The van der Waals surface area contributed by atoms with E-state index >= 15 is 0 Å². The largest absolute Gasteiger partial charge is 0.383 e. The van der Waals surface area contributed by atoms with Crippen molar-refractivity contribution in [3.05, 3.63) is 149 Å². The minimum absolute atomic E-state index is 0.449. The molecule has 3 nitrogen and oxygen atoms in total. The monoisotopic (exact) mass is 481 g/mol. The van der Waals surface area contributed by atoms with Crippen LogP contribution in [-0.2, 0) is 6.54 Å². The number of hydrogen-bond acceptors (Lipinski definition) is 1. The number of aliphatic imine (C=N–C) groups is 2. The standard InChI is InChI=1S/C34H31N3/c1-25-12-16-32(17-13-25)34(36-24-26-14-18-29(19-15-26)27-8-4-2-5-9-27)37-33(35)31-22-20-30(21-23-31)28-10-6-3-7-11-28/h3-4,6-23H,2,5,24H2,1H3,(H2,35,36,37). The number of rotatable bonds is 6. The lowest BCUT2D eigenvalue weighted by Crippen LogP contribution is -2.16. The Bertz CT molecular complexity index is 1460. The third-order valence-corrected chi connectivity index (χ3v) is 6.52. The highest BCUT2D eigenvalue weighted by Crippen LogP contribution is 2.22. The second-order valence-electron chi connectivity index (χ2n) is 9.28. The maximum absolute atomic E-state index is 6.48. The zero-order valence-corrected chi connectivity index (χ0v) is 21.1. The van der Waals surface area contributed by atoms with Crippen LogP contribution < -0.4 is 5.73 Å². The summed E-state index contributed by atoms with van der Waals surface area (Å²) in [6.45, 7) is 2.60. The number of nitrogens with two attached hydrogens (primary N) is 1. The first kappa shape index (κ1) is 24.2. The second kappa shape index (κ2) is 11.5. The van der Waals surface area contributed by atoms with Gasteiger partial charge in [0.2, 0.25) is 0 Å². The van der Waals surface area contributed by atoms with Gasteiger partial charge < -0.3 is 5.73 Å². The van der Waals surface area contributed by atoms with Gasteiger partial charge in [0.25, 0.3) is 0 Å². The molecule has 0 heterocycles. The third-order valence-electron chi connectivity index (χ3n) is 6.52. The van der Waals surface area contributed by atoms with Crippen molar-refractivity contribution in [3.8, 4) is 11.1 Å². The smallest absolute Gasteiger partial charge is 0.157 e. The molecule has 0 saturated heterocycles. The molecule has 4 aromatic carbocycles. The fourth-order valence-corrected chi connectivity index (χ4v) is 4.33. The Labute approximate surface area is 219 Å². The summed E-state index contributed by atoms with van der Waals surface area (Å²) >= 11 is 0. The van der Waals surface area contributed by atoms with Crippen molar-refractivity contribution in [1.82, 2.24) is 0 Å². The number of amidine groups is 2. The van der Waals surface area contributed by atoms with Gasteiger partial charge in [-0.25, -0.2) is 4.99 Å². The topological polar surface area (TPSA) is 50.7 Å². The molecule has 4 aromatic rings. The van der Waals surface area contributed by atoms with Crippen LogP contribution in [0.5, 0.6) is 0 Å².